The van der Waals surface area contributed by atoms with E-state index in [0.29, 0.717) is 0 Å². The monoisotopic (exact) mass is 406 g/mol. The second-order valence-corrected chi connectivity index (χ2v) is 6.21. The van der Waals surface area contributed by atoms with Gasteiger partial charge in [0, 0.05) is 31.1 Å². The number of nitrogens with zero attached hydrogens (tertiary/aromatic N) is 3. The molecule has 2 heterocycles. The molecular weight excluding hydrogens is 389 g/mol. The van der Waals surface area contributed by atoms with Gasteiger partial charge in [0.1, 0.15) is 11.7 Å². The van der Waals surface area contributed by atoms with Crippen molar-refractivity contribution in [1.29, 1.82) is 0 Å². The number of rotatable bonds is 5. The van der Waals surface area contributed by atoms with Crippen molar-refractivity contribution in [3.63, 3.8) is 0 Å². The van der Waals surface area contributed by atoms with Crippen molar-refractivity contribution in [2.45, 2.75) is 25.6 Å². The van der Waals surface area contributed by atoms with Crippen LogP contribution in [-0.4, -0.2) is 39.6 Å². The van der Waals surface area contributed by atoms with E-state index >= 15 is 0 Å². The molecule has 29 heavy (non-hydrogen) atoms. The molecule has 0 radical (unpaired) electrons. The van der Waals surface area contributed by atoms with Crippen molar-refractivity contribution in [3.05, 3.63) is 54.0 Å². The summed E-state index contributed by atoms with van der Waals surface area (Å²) in [7, 11) is 1.10. The number of hydrogen-bond donors (Lipinski definition) is 1. The number of carbonyl (C=O) groups is 2. The van der Waals surface area contributed by atoms with E-state index in [1.807, 2.05) is 0 Å². The fraction of sp³-hybridized carbons (Fsp3) is 0.263. The molecule has 0 bridgehead atoms. The number of para-hydroxylation sites is 1. The number of benzene rings is 1. The Labute approximate surface area is 163 Å². The quantitative estimate of drug-likeness (QED) is 0.659. The first kappa shape index (κ1) is 20.3. The average molecular weight is 406 g/mol. The third kappa shape index (κ3) is 4.05. The Bertz CT molecular complexity index is 1050. The maximum atomic E-state index is 14.1. The zero-order valence-electron chi connectivity index (χ0n) is 15.5. The van der Waals surface area contributed by atoms with Gasteiger partial charge in [0.15, 0.2) is 0 Å². The summed E-state index contributed by atoms with van der Waals surface area (Å²) in [4.78, 5) is 31.5. The molecule has 1 atom stereocenters. The molecule has 0 aliphatic heterocycles. The molecule has 1 aromatic carbocycles. The zero-order valence-corrected chi connectivity index (χ0v) is 15.5. The molecule has 0 spiro atoms. The minimum Gasteiger partial charge on any atom is -0.467 e. The first-order valence-electron chi connectivity index (χ1n) is 8.56. The van der Waals surface area contributed by atoms with Gasteiger partial charge in [0.25, 0.3) is 0 Å². The number of methoxy groups -OCH3 is 1. The van der Waals surface area contributed by atoms with Gasteiger partial charge in [-0.3, -0.25) is 9.36 Å². The standard InChI is InChI=1S/C19H17F3N4O3/c1-11(27)25-14(17(28)29-2)10-13-12-6-3-4-7-15(12)26(16(13)19(20,21)22)18-23-8-5-9-24-18/h3-9,14H,10H2,1-2H3,(H,25,27)/t14-/m0/s1. The van der Waals surface area contributed by atoms with Gasteiger partial charge in [-0.2, -0.15) is 13.2 Å². The second kappa shape index (κ2) is 7.90. The van der Waals surface area contributed by atoms with Gasteiger partial charge >= 0.3 is 12.1 Å². The van der Waals surface area contributed by atoms with Crippen LogP contribution >= 0.6 is 0 Å². The minimum atomic E-state index is -4.77. The van der Waals surface area contributed by atoms with Crippen molar-refractivity contribution in [1.82, 2.24) is 19.9 Å². The smallest absolute Gasteiger partial charge is 0.432 e. The van der Waals surface area contributed by atoms with Crippen molar-refractivity contribution in [2.75, 3.05) is 7.11 Å². The lowest BCUT2D eigenvalue weighted by Crippen LogP contribution is -2.42. The highest BCUT2D eigenvalue weighted by atomic mass is 19.4. The topological polar surface area (TPSA) is 86.1 Å². The van der Waals surface area contributed by atoms with Gasteiger partial charge in [-0.15, -0.1) is 0 Å². The molecule has 3 aromatic rings. The lowest BCUT2D eigenvalue weighted by atomic mass is 10.0. The zero-order chi connectivity index (χ0) is 21.2. The van der Waals surface area contributed by atoms with Crippen LogP contribution in [0, 0.1) is 0 Å². The van der Waals surface area contributed by atoms with Gasteiger partial charge < -0.3 is 10.1 Å². The highest BCUT2D eigenvalue weighted by Crippen LogP contribution is 2.40. The number of amides is 1. The lowest BCUT2D eigenvalue weighted by Gasteiger charge is -2.18. The van der Waals surface area contributed by atoms with Crippen molar-refractivity contribution >= 4 is 22.8 Å². The van der Waals surface area contributed by atoms with Crippen LogP contribution in [0.15, 0.2) is 42.7 Å². The number of hydrogen-bond acceptors (Lipinski definition) is 5. The van der Waals surface area contributed by atoms with Gasteiger partial charge in [-0.05, 0) is 17.7 Å². The van der Waals surface area contributed by atoms with E-state index < -0.39 is 36.2 Å². The van der Waals surface area contributed by atoms with Crippen LogP contribution in [0.25, 0.3) is 16.9 Å². The van der Waals surface area contributed by atoms with Crippen LogP contribution in [0.4, 0.5) is 13.2 Å². The normalized spacial score (nSPS) is 12.6. The first-order chi connectivity index (χ1) is 13.7. The number of aromatic nitrogens is 3. The predicted octanol–water partition coefficient (Wildman–Crippen LogP) is 2.66. The van der Waals surface area contributed by atoms with E-state index in [1.165, 1.54) is 37.5 Å². The number of ether oxygens (including phenoxy) is 1. The molecule has 0 aliphatic rings. The number of carbonyl (C=O) groups excluding carboxylic acids is 2. The maximum Gasteiger partial charge on any atom is 0.432 e. The molecule has 0 saturated carbocycles. The Morgan fingerprint density at radius 1 is 1.17 bits per heavy atom. The summed E-state index contributed by atoms with van der Waals surface area (Å²) in [5.41, 5.74) is -0.943. The molecule has 2 aromatic heterocycles. The van der Waals surface area contributed by atoms with Crippen LogP contribution in [0.1, 0.15) is 18.2 Å². The van der Waals surface area contributed by atoms with E-state index in [2.05, 4.69) is 20.0 Å². The third-order valence-corrected chi connectivity index (χ3v) is 4.27. The Hall–Kier alpha value is -3.43. The van der Waals surface area contributed by atoms with Crippen molar-refractivity contribution < 1.29 is 27.5 Å². The molecule has 0 aliphatic carbocycles. The molecule has 152 valence electrons. The summed E-state index contributed by atoms with van der Waals surface area (Å²) in [5.74, 6) is -1.57. The van der Waals surface area contributed by atoms with Gasteiger partial charge in [0.2, 0.25) is 11.9 Å². The van der Waals surface area contributed by atoms with Gasteiger partial charge in [0.05, 0.1) is 12.6 Å². The van der Waals surface area contributed by atoms with E-state index in [0.717, 1.165) is 11.7 Å². The SMILES string of the molecule is COC(=O)[C@H](Cc1c(C(F)(F)F)n(-c2ncccn2)c2ccccc12)NC(C)=O. The molecule has 0 saturated heterocycles. The van der Waals surface area contributed by atoms with E-state index in [4.69, 9.17) is 0 Å². The molecule has 0 unspecified atom stereocenters. The van der Waals surface area contributed by atoms with Crippen LogP contribution in [0.2, 0.25) is 0 Å². The van der Waals surface area contributed by atoms with Gasteiger partial charge in [-0.1, -0.05) is 18.2 Å². The number of halogens is 3. The Morgan fingerprint density at radius 3 is 2.41 bits per heavy atom. The van der Waals surface area contributed by atoms with Crippen molar-refractivity contribution in [3.8, 4) is 5.95 Å². The van der Waals surface area contributed by atoms with E-state index in [1.54, 1.807) is 12.1 Å². The molecule has 7 nitrogen and oxygen atoms in total. The van der Waals surface area contributed by atoms with Crippen molar-refractivity contribution in [2.24, 2.45) is 0 Å². The number of fused-ring (bicyclic) bond motifs is 1. The molecule has 1 amide bonds. The van der Waals surface area contributed by atoms with E-state index in [-0.39, 0.29) is 22.4 Å². The molecule has 1 N–H and O–H groups in total. The fourth-order valence-corrected chi connectivity index (χ4v) is 3.21. The lowest BCUT2D eigenvalue weighted by molar-refractivity contribution is -0.146. The molecule has 10 heteroatoms. The number of alkyl halides is 3. The summed E-state index contributed by atoms with van der Waals surface area (Å²) >= 11 is 0. The van der Waals surface area contributed by atoms with E-state index in [9.17, 15) is 22.8 Å². The predicted molar refractivity (Wildman–Crippen MR) is 97.2 cm³/mol. The molecule has 3 rings (SSSR count). The molecule has 0 fully saturated rings. The van der Waals surface area contributed by atoms with Crippen LogP contribution in [0.3, 0.4) is 0 Å². The minimum absolute atomic E-state index is 0.156. The van der Waals surface area contributed by atoms with Crippen LogP contribution < -0.4 is 5.32 Å². The summed E-state index contributed by atoms with van der Waals surface area (Å²) in [5, 5.41) is 2.62. The summed E-state index contributed by atoms with van der Waals surface area (Å²) in [6.07, 6.45) is -2.51. The first-order valence-corrected chi connectivity index (χ1v) is 8.56. The maximum absolute atomic E-state index is 14.1. The second-order valence-electron chi connectivity index (χ2n) is 6.21. The van der Waals surface area contributed by atoms with Crippen LogP contribution in [0.5, 0.6) is 0 Å². The third-order valence-electron chi connectivity index (χ3n) is 4.27. The Kier molecular flexibility index (Phi) is 5.53. The summed E-state index contributed by atoms with van der Waals surface area (Å²) < 4.78 is 48.0. The Balaban J connectivity index is 2.29. The number of esters is 1. The highest BCUT2D eigenvalue weighted by Gasteiger charge is 2.41. The highest BCUT2D eigenvalue weighted by molar-refractivity contribution is 5.89. The average Bonchev–Trinajstić information content (AvgIpc) is 3.02. The summed E-state index contributed by atoms with van der Waals surface area (Å²) in [6.45, 7) is 1.17. The number of nitrogens with one attached hydrogen (secondary N) is 1. The van der Waals surface area contributed by atoms with Gasteiger partial charge in [-0.25, -0.2) is 14.8 Å². The molecular formula is C19H17F3N4O3. The van der Waals surface area contributed by atoms with Crippen LogP contribution in [-0.2, 0) is 26.9 Å². The summed E-state index contributed by atoms with van der Waals surface area (Å²) in [6, 6.07) is 6.42. The Morgan fingerprint density at radius 2 is 1.83 bits per heavy atom. The fourth-order valence-electron chi connectivity index (χ4n) is 3.21. The largest absolute Gasteiger partial charge is 0.467 e.